The summed E-state index contributed by atoms with van der Waals surface area (Å²) in [5.41, 5.74) is 3.00. The van der Waals surface area contributed by atoms with Crippen molar-refractivity contribution in [3.63, 3.8) is 0 Å². The Balaban J connectivity index is 1.20. The van der Waals surface area contributed by atoms with Crippen molar-refractivity contribution < 1.29 is 4.52 Å². The molecule has 174 valence electrons. The van der Waals surface area contributed by atoms with Crippen LogP contribution in [0.25, 0.3) is 11.3 Å². The lowest BCUT2D eigenvalue weighted by Crippen LogP contribution is -2.44. The Morgan fingerprint density at radius 3 is 2.68 bits per heavy atom. The van der Waals surface area contributed by atoms with Gasteiger partial charge in [-0.15, -0.1) is 0 Å². The predicted molar refractivity (Wildman–Crippen MR) is 130 cm³/mol. The number of hydrogen-bond donors (Lipinski definition) is 4. The second-order valence-corrected chi connectivity index (χ2v) is 8.68. The van der Waals surface area contributed by atoms with Crippen LogP contribution in [0.4, 0.5) is 23.4 Å². The monoisotopic (exact) mass is 457 g/mol. The molecule has 34 heavy (non-hydrogen) atoms. The highest BCUT2D eigenvalue weighted by Gasteiger charge is 2.25. The van der Waals surface area contributed by atoms with Gasteiger partial charge in [-0.2, -0.15) is 15.1 Å². The van der Waals surface area contributed by atoms with Crippen LogP contribution in [0.15, 0.2) is 53.1 Å². The van der Waals surface area contributed by atoms with Gasteiger partial charge < -0.3 is 25.4 Å². The zero-order valence-corrected chi connectivity index (χ0v) is 18.8. The van der Waals surface area contributed by atoms with Gasteiger partial charge in [-0.3, -0.25) is 5.10 Å². The highest BCUT2D eigenvalue weighted by atomic mass is 16.5. The standard InChI is InChI=1S/C24H27N9O/c1-2-4-16(5-3-1)20-12-18(34-32-20)15-26-24-28-21(14-23(29-24)33-10-8-25-9-11-33)27-22-13-19(30-31-22)17-6-7-17/h1-5,12-14,17,25H,6-11,15H2,(H3,26,27,28,29,30,31). The highest BCUT2D eigenvalue weighted by Crippen LogP contribution is 2.39. The van der Waals surface area contributed by atoms with Crippen molar-refractivity contribution in [1.29, 1.82) is 0 Å². The maximum atomic E-state index is 5.53. The molecule has 1 saturated carbocycles. The molecule has 0 bridgehead atoms. The Labute approximate surface area is 197 Å². The molecule has 1 aromatic carbocycles. The van der Waals surface area contributed by atoms with Crippen molar-refractivity contribution >= 4 is 23.4 Å². The number of aromatic amines is 1. The zero-order chi connectivity index (χ0) is 22.7. The number of H-pyrrole nitrogens is 1. The fourth-order valence-corrected chi connectivity index (χ4v) is 4.08. The fourth-order valence-electron chi connectivity index (χ4n) is 4.08. The SMILES string of the molecule is c1ccc(-c2cc(CNc3nc(Nc4cc(C5CC5)[nH]n4)cc(N4CCNCC4)n3)on2)cc1. The Morgan fingerprint density at radius 1 is 1.00 bits per heavy atom. The molecule has 1 saturated heterocycles. The summed E-state index contributed by atoms with van der Waals surface area (Å²) < 4.78 is 5.53. The molecule has 2 fully saturated rings. The molecule has 2 aliphatic rings. The Bertz CT molecular complexity index is 1240. The molecule has 0 spiro atoms. The summed E-state index contributed by atoms with van der Waals surface area (Å²) in [7, 11) is 0. The Morgan fingerprint density at radius 2 is 1.85 bits per heavy atom. The van der Waals surface area contributed by atoms with E-state index < -0.39 is 0 Å². The van der Waals surface area contributed by atoms with Crippen LogP contribution < -0.4 is 20.9 Å². The van der Waals surface area contributed by atoms with Gasteiger partial charge in [0.25, 0.3) is 0 Å². The molecule has 6 rings (SSSR count). The zero-order valence-electron chi connectivity index (χ0n) is 18.8. The lowest BCUT2D eigenvalue weighted by Gasteiger charge is -2.28. The van der Waals surface area contributed by atoms with Gasteiger partial charge in [0, 0.05) is 61.6 Å². The highest BCUT2D eigenvalue weighted by molar-refractivity contribution is 5.61. The molecule has 4 aromatic rings. The van der Waals surface area contributed by atoms with Crippen molar-refractivity contribution in [2.45, 2.75) is 25.3 Å². The molecule has 10 nitrogen and oxygen atoms in total. The van der Waals surface area contributed by atoms with E-state index in [4.69, 9.17) is 9.51 Å². The number of nitrogens with zero attached hydrogens (tertiary/aromatic N) is 5. The molecule has 1 aliphatic heterocycles. The van der Waals surface area contributed by atoms with Crippen LogP contribution >= 0.6 is 0 Å². The molecule has 4 N–H and O–H groups in total. The first-order chi connectivity index (χ1) is 16.8. The second-order valence-electron chi connectivity index (χ2n) is 8.68. The van der Waals surface area contributed by atoms with Gasteiger partial charge in [0.1, 0.15) is 17.3 Å². The van der Waals surface area contributed by atoms with Crippen LogP contribution in [0, 0.1) is 0 Å². The minimum atomic E-state index is 0.429. The summed E-state index contributed by atoms with van der Waals surface area (Å²) in [4.78, 5) is 11.7. The van der Waals surface area contributed by atoms with Gasteiger partial charge in [0.05, 0.1) is 6.54 Å². The summed E-state index contributed by atoms with van der Waals surface area (Å²) in [5, 5.41) is 21.8. The van der Waals surface area contributed by atoms with E-state index in [9.17, 15) is 0 Å². The first-order valence-corrected chi connectivity index (χ1v) is 11.7. The van der Waals surface area contributed by atoms with Crippen LogP contribution in [0.3, 0.4) is 0 Å². The van der Waals surface area contributed by atoms with E-state index in [0.717, 1.165) is 49.1 Å². The first kappa shape index (κ1) is 20.7. The molecule has 0 unspecified atom stereocenters. The van der Waals surface area contributed by atoms with E-state index in [-0.39, 0.29) is 0 Å². The summed E-state index contributed by atoms with van der Waals surface area (Å²) >= 11 is 0. The van der Waals surface area contributed by atoms with Gasteiger partial charge in [0.2, 0.25) is 5.95 Å². The minimum Gasteiger partial charge on any atom is -0.359 e. The third-order valence-electron chi connectivity index (χ3n) is 6.07. The van der Waals surface area contributed by atoms with Crippen LogP contribution in [-0.4, -0.2) is 51.5 Å². The van der Waals surface area contributed by atoms with Crippen LogP contribution in [0.1, 0.15) is 30.2 Å². The topological polar surface area (TPSA) is 120 Å². The lowest BCUT2D eigenvalue weighted by molar-refractivity contribution is 0.390. The minimum absolute atomic E-state index is 0.429. The maximum Gasteiger partial charge on any atom is 0.227 e. The van der Waals surface area contributed by atoms with Gasteiger partial charge in [0.15, 0.2) is 11.6 Å². The molecule has 0 atom stereocenters. The molecular formula is C24H27N9O. The molecule has 3 aromatic heterocycles. The van der Waals surface area contributed by atoms with Crippen molar-refractivity contribution in [1.82, 2.24) is 30.6 Å². The number of rotatable bonds is 8. The van der Waals surface area contributed by atoms with Crippen molar-refractivity contribution in [3.8, 4) is 11.3 Å². The number of aromatic nitrogens is 5. The first-order valence-electron chi connectivity index (χ1n) is 11.7. The number of benzene rings is 1. The molecule has 10 heteroatoms. The van der Waals surface area contributed by atoms with Gasteiger partial charge >= 0.3 is 0 Å². The number of nitrogens with one attached hydrogen (secondary N) is 4. The third kappa shape index (κ3) is 4.72. The van der Waals surface area contributed by atoms with E-state index in [1.807, 2.05) is 42.5 Å². The van der Waals surface area contributed by atoms with Crippen LogP contribution in [0.5, 0.6) is 0 Å². The largest absolute Gasteiger partial charge is 0.359 e. The summed E-state index contributed by atoms with van der Waals surface area (Å²) in [6.07, 6.45) is 2.45. The predicted octanol–water partition coefficient (Wildman–Crippen LogP) is 3.50. The van der Waals surface area contributed by atoms with Crippen molar-refractivity contribution in [2.75, 3.05) is 41.7 Å². The summed E-state index contributed by atoms with van der Waals surface area (Å²) in [6, 6.07) is 16.0. The van der Waals surface area contributed by atoms with Crippen LogP contribution in [-0.2, 0) is 6.54 Å². The van der Waals surface area contributed by atoms with Gasteiger partial charge in [-0.25, -0.2) is 0 Å². The summed E-state index contributed by atoms with van der Waals surface area (Å²) in [5.74, 6) is 4.19. The summed E-state index contributed by atoms with van der Waals surface area (Å²) in [6.45, 7) is 4.08. The average Bonchev–Trinajstić information content (AvgIpc) is 3.44. The van der Waals surface area contributed by atoms with Gasteiger partial charge in [-0.1, -0.05) is 35.5 Å². The third-order valence-corrected chi connectivity index (χ3v) is 6.07. The normalized spacial score (nSPS) is 15.9. The van der Waals surface area contributed by atoms with E-state index in [0.29, 0.717) is 30.0 Å². The Hall–Kier alpha value is -3.92. The van der Waals surface area contributed by atoms with Crippen molar-refractivity contribution in [3.05, 3.63) is 60.0 Å². The van der Waals surface area contributed by atoms with E-state index in [1.54, 1.807) is 0 Å². The number of piperazine rings is 1. The quantitative estimate of drug-likeness (QED) is 0.315. The molecule has 0 radical (unpaired) electrons. The Kier molecular flexibility index (Phi) is 5.56. The smallest absolute Gasteiger partial charge is 0.227 e. The fraction of sp³-hybridized carbons (Fsp3) is 0.333. The average molecular weight is 458 g/mol. The number of hydrogen-bond acceptors (Lipinski definition) is 9. The molecule has 0 amide bonds. The maximum absolute atomic E-state index is 5.53. The molecule has 4 heterocycles. The van der Waals surface area contributed by atoms with Gasteiger partial charge in [-0.05, 0) is 12.8 Å². The second kappa shape index (κ2) is 9.14. The number of anilines is 4. The van der Waals surface area contributed by atoms with Crippen molar-refractivity contribution in [2.24, 2.45) is 0 Å². The van der Waals surface area contributed by atoms with Crippen LogP contribution in [0.2, 0.25) is 0 Å². The molecular weight excluding hydrogens is 430 g/mol. The van der Waals surface area contributed by atoms with E-state index in [1.165, 1.54) is 18.5 Å². The van der Waals surface area contributed by atoms with E-state index in [2.05, 4.69) is 47.3 Å². The molecule has 1 aliphatic carbocycles. The lowest BCUT2D eigenvalue weighted by atomic mass is 10.1. The van der Waals surface area contributed by atoms with E-state index >= 15 is 0 Å².